The van der Waals surface area contributed by atoms with E-state index < -0.39 is 0 Å². The summed E-state index contributed by atoms with van der Waals surface area (Å²) >= 11 is 1.64. The van der Waals surface area contributed by atoms with E-state index in [0.717, 1.165) is 32.5 Å². The van der Waals surface area contributed by atoms with Crippen LogP contribution in [0, 0.1) is 13.8 Å². The highest BCUT2D eigenvalue weighted by Gasteiger charge is 2.20. The van der Waals surface area contributed by atoms with Crippen LogP contribution in [0.5, 0.6) is 5.75 Å². The van der Waals surface area contributed by atoms with Crippen LogP contribution in [0.2, 0.25) is 0 Å². The zero-order valence-corrected chi connectivity index (χ0v) is 18.1. The van der Waals surface area contributed by atoms with Crippen molar-refractivity contribution >= 4 is 23.3 Å². The fraction of sp³-hybridized carbons (Fsp3) is 0.250. The van der Waals surface area contributed by atoms with E-state index in [1.807, 2.05) is 88.5 Å². The third-order valence-electron chi connectivity index (χ3n) is 4.77. The van der Waals surface area contributed by atoms with Crippen LogP contribution in [-0.2, 0) is 11.4 Å². The number of hydrogen-bond donors (Lipinski definition) is 0. The van der Waals surface area contributed by atoms with Gasteiger partial charge < -0.3 is 9.64 Å². The Morgan fingerprint density at radius 3 is 2.62 bits per heavy atom. The topological polar surface area (TPSA) is 42.4 Å². The van der Waals surface area contributed by atoms with E-state index in [4.69, 9.17) is 4.74 Å². The third-order valence-corrected chi connectivity index (χ3v) is 6.02. The van der Waals surface area contributed by atoms with Crippen LogP contribution in [-0.4, -0.2) is 22.8 Å². The van der Waals surface area contributed by atoms with E-state index in [1.54, 1.807) is 22.3 Å². The quantitative estimate of drug-likeness (QED) is 0.482. The van der Waals surface area contributed by atoms with Crippen molar-refractivity contribution in [3.8, 4) is 5.75 Å². The largest absolute Gasteiger partial charge is 0.489 e. The van der Waals surface area contributed by atoms with Crippen LogP contribution in [0.3, 0.4) is 0 Å². The monoisotopic (exact) mass is 406 g/mol. The maximum Gasteiger partial charge on any atom is 0.246 e. The minimum absolute atomic E-state index is 0.0149. The van der Waals surface area contributed by atoms with Crippen LogP contribution < -0.4 is 4.74 Å². The Balaban J connectivity index is 1.62. The summed E-state index contributed by atoms with van der Waals surface area (Å²) in [6, 6.07) is 17.8. The van der Waals surface area contributed by atoms with Crippen molar-refractivity contribution in [2.75, 3.05) is 7.05 Å². The average Bonchev–Trinajstić information content (AvgIpc) is 3.08. The summed E-state index contributed by atoms with van der Waals surface area (Å²) in [6.45, 7) is 6.53. The Morgan fingerprint density at radius 2 is 1.93 bits per heavy atom. The lowest BCUT2D eigenvalue weighted by atomic mass is 10.2. The van der Waals surface area contributed by atoms with Crippen molar-refractivity contribution in [1.82, 2.24) is 9.88 Å². The molecule has 5 heteroatoms. The zero-order valence-electron chi connectivity index (χ0n) is 17.3. The Morgan fingerprint density at radius 1 is 1.17 bits per heavy atom. The van der Waals surface area contributed by atoms with E-state index in [1.165, 1.54) is 0 Å². The molecule has 0 aliphatic carbocycles. The van der Waals surface area contributed by atoms with Crippen LogP contribution in [0.1, 0.15) is 39.7 Å². The highest BCUT2D eigenvalue weighted by atomic mass is 32.1. The molecule has 3 aromatic rings. The summed E-state index contributed by atoms with van der Waals surface area (Å²) in [5, 5.41) is 1.02. The second-order valence-corrected chi connectivity index (χ2v) is 8.22. The van der Waals surface area contributed by atoms with Gasteiger partial charge in [-0.05, 0) is 50.1 Å². The molecule has 1 unspecified atom stereocenters. The molecule has 1 atom stereocenters. The SMILES string of the molecule is Cc1nc(C)c(C(C)N(C)C(=O)C=Cc2cccc(OCc3ccccc3)c2)s1. The van der Waals surface area contributed by atoms with E-state index in [0.29, 0.717) is 6.61 Å². The van der Waals surface area contributed by atoms with Gasteiger partial charge in [0.1, 0.15) is 12.4 Å². The van der Waals surface area contributed by atoms with E-state index in [2.05, 4.69) is 4.98 Å². The van der Waals surface area contributed by atoms with Gasteiger partial charge in [0.05, 0.1) is 16.7 Å². The number of rotatable bonds is 7. The van der Waals surface area contributed by atoms with Crippen LogP contribution in [0.15, 0.2) is 60.7 Å². The van der Waals surface area contributed by atoms with Crippen molar-refractivity contribution in [3.05, 3.63) is 87.4 Å². The van der Waals surface area contributed by atoms with E-state index in [9.17, 15) is 4.79 Å². The fourth-order valence-corrected chi connectivity index (χ4v) is 4.06. The molecule has 0 N–H and O–H groups in total. The number of carbonyl (C=O) groups is 1. The fourth-order valence-electron chi connectivity index (χ4n) is 3.04. The predicted molar refractivity (Wildman–Crippen MR) is 119 cm³/mol. The van der Waals surface area contributed by atoms with Crippen molar-refractivity contribution in [1.29, 1.82) is 0 Å². The van der Waals surface area contributed by atoms with Crippen molar-refractivity contribution in [3.63, 3.8) is 0 Å². The first-order valence-corrected chi connectivity index (χ1v) is 10.4. The van der Waals surface area contributed by atoms with Gasteiger partial charge in [0.2, 0.25) is 5.91 Å². The number of likely N-dealkylation sites (N-methyl/N-ethyl adjacent to an activating group) is 1. The van der Waals surface area contributed by atoms with Gasteiger partial charge in [0.25, 0.3) is 0 Å². The Kier molecular flexibility index (Phi) is 6.83. The van der Waals surface area contributed by atoms with Crippen LogP contribution in [0.25, 0.3) is 6.08 Å². The van der Waals surface area contributed by atoms with Gasteiger partial charge in [-0.25, -0.2) is 4.98 Å². The number of nitrogens with zero attached hydrogens (tertiary/aromatic N) is 2. The van der Waals surface area contributed by atoms with Gasteiger partial charge in [-0.1, -0.05) is 42.5 Å². The first-order valence-electron chi connectivity index (χ1n) is 9.59. The Labute approximate surface area is 176 Å². The van der Waals surface area contributed by atoms with Gasteiger partial charge in [0, 0.05) is 18.0 Å². The van der Waals surface area contributed by atoms with E-state index in [-0.39, 0.29) is 11.9 Å². The minimum atomic E-state index is -0.0430. The molecule has 0 saturated heterocycles. The molecule has 150 valence electrons. The number of amides is 1. The van der Waals surface area contributed by atoms with Gasteiger partial charge in [-0.2, -0.15) is 0 Å². The lowest BCUT2D eigenvalue weighted by Gasteiger charge is -2.23. The first-order chi connectivity index (χ1) is 13.9. The molecule has 0 spiro atoms. The van der Waals surface area contributed by atoms with Gasteiger partial charge >= 0.3 is 0 Å². The average molecular weight is 407 g/mol. The number of hydrogen-bond acceptors (Lipinski definition) is 4. The summed E-state index contributed by atoms with van der Waals surface area (Å²) in [5.41, 5.74) is 3.04. The number of aromatic nitrogens is 1. The lowest BCUT2D eigenvalue weighted by molar-refractivity contribution is -0.126. The molecular weight excluding hydrogens is 380 g/mol. The first kappa shape index (κ1) is 20.8. The minimum Gasteiger partial charge on any atom is -0.489 e. The third kappa shape index (κ3) is 5.55. The molecule has 0 aliphatic heterocycles. The molecule has 4 nitrogen and oxygen atoms in total. The molecule has 1 heterocycles. The number of ether oxygens (including phenoxy) is 1. The lowest BCUT2D eigenvalue weighted by Crippen LogP contribution is -2.27. The maximum atomic E-state index is 12.6. The summed E-state index contributed by atoms with van der Waals surface area (Å²) in [4.78, 5) is 20.0. The van der Waals surface area contributed by atoms with E-state index >= 15 is 0 Å². The maximum absolute atomic E-state index is 12.6. The molecule has 0 aliphatic rings. The number of thiazole rings is 1. The molecule has 0 bridgehead atoms. The van der Waals surface area contributed by atoms with Gasteiger partial charge in [0.15, 0.2) is 0 Å². The molecule has 3 rings (SSSR count). The second-order valence-electron chi connectivity index (χ2n) is 6.99. The summed E-state index contributed by atoms with van der Waals surface area (Å²) in [7, 11) is 1.82. The normalized spacial score (nSPS) is 12.1. The molecule has 1 amide bonds. The molecule has 0 radical (unpaired) electrons. The number of carbonyl (C=O) groups excluding carboxylic acids is 1. The summed E-state index contributed by atoms with van der Waals surface area (Å²) < 4.78 is 5.86. The van der Waals surface area contributed by atoms with Crippen LogP contribution >= 0.6 is 11.3 Å². The molecule has 0 saturated carbocycles. The molecule has 0 fully saturated rings. The standard InChI is InChI=1S/C24H26N2O2S/c1-17-24(29-19(3)25-17)18(2)26(4)23(27)14-13-20-11-8-12-22(15-20)28-16-21-9-6-5-7-10-21/h5-15,18H,16H2,1-4H3. The second kappa shape index (κ2) is 9.52. The Hall–Kier alpha value is -2.92. The number of aryl methyl sites for hydroxylation is 2. The molecule has 1 aromatic heterocycles. The molecular formula is C24H26N2O2S. The zero-order chi connectivity index (χ0) is 20.8. The van der Waals surface area contributed by atoms with Crippen LogP contribution in [0.4, 0.5) is 0 Å². The smallest absolute Gasteiger partial charge is 0.246 e. The number of benzene rings is 2. The Bertz CT molecular complexity index is 995. The highest BCUT2D eigenvalue weighted by molar-refractivity contribution is 7.11. The van der Waals surface area contributed by atoms with Gasteiger partial charge in [-0.3, -0.25) is 4.79 Å². The molecule has 2 aromatic carbocycles. The highest BCUT2D eigenvalue weighted by Crippen LogP contribution is 2.28. The van der Waals surface area contributed by atoms with Gasteiger partial charge in [-0.15, -0.1) is 11.3 Å². The summed E-state index contributed by atoms with van der Waals surface area (Å²) in [5.74, 6) is 0.736. The predicted octanol–water partition coefficient (Wildman–Crippen LogP) is 5.57. The molecule has 29 heavy (non-hydrogen) atoms. The van der Waals surface area contributed by atoms with Crippen molar-refractivity contribution in [2.45, 2.75) is 33.4 Å². The van der Waals surface area contributed by atoms with Crippen molar-refractivity contribution < 1.29 is 9.53 Å². The van der Waals surface area contributed by atoms with Crippen molar-refractivity contribution in [2.24, 2.45) is 0 Å². The summed E-state index contributed by atoms with van der Waals surface area (Å²) in [6.07, 6.45) is 3.43.